The van der Waals surface area contributed by atoms with E-state index in [0.717, 1.165) is 6.07 Å². The minimum Gasteiger partial charge on any atom is -0.398 e. The van der Waals surface area contributed by atoms with Crippen LogP contribution in [0.2, 0.25) is 0 Å². The number of aromatic nitrogens is 1. The minimum absolute atomic E-state index is 0.186. The fraction of sp³-hybridized carbons (Fsp3) is 0.375. The first-order chi connectivity index (χ1) is 7.27. The van der Waals surface area contributed by atoms with Crippen LogP contribution in [-0.4, -0.2) is 4.98 Å². The summed E-state index contributed by atoms with van der Waals surface area (Å²) < 4.78 is 62.0. The fourth-order valence-electron chi connectivity index (χ4n) is 1.18. The standard InChI is InChI=1S/C8H8F5N3/c9-7(10)5-4(15)1-3(2-14)16-6(5)8(11,12)13/h1,7H,2,14H2,(H2,15,16). The average molecular weight is 241 g/mol. The van der Waals surface area contributed by atoms with Gasteiger partial charge in [0.15, 0.2) is 5.69 Å². The second kappa shape index (κ2) is 4.20. The zero-order valence-corrected chi connectivity index (χ0v) is 7.85. The Morgan fingerprint density at radius 2 is 1.88 bits per heavy atom. The number of hydrogen-bond donors (Lipinski definition) is 2. The molecule has 0 saturated heterocycles. The molecule has 16 heavy (non-hydrogen) atoms. The number of alkyl halides is 5. The molecular weight excluding hydrogens is 233 g/mol. The van der Waals surface area contributed by atoms with Crippen LogP contribution in [0.5, 0.6) is 0 Å². The first-order valence-electron chi connectivity index (χ1n) is 4.12. The van der Waals surface area contributed by atoms with Gasteiger partial charge in [0.2, 0.25) is 0 Å². The maximum absolute atomic E-state index is 12.4. The monoisotopic (exact) mass is 241 g/mol. The van der Waals surface area contributed by atoms with E-state index in [0.29, 0.717) is 0 Å². The molecule has 1 aromatic rings. The molecule has 0 atom stereocenters. The quantitative estimate of drug-likeness (QED) is 0.779. The number of anilines is 1. The number of pyridine rings is 1. The summed E-state index contributed by atoms with van der Waals surface area (Å²) in [4.78, 5) is 3.03. The topological polar surface area (TPSA) is 64.9 Å². The Balaban J connectivity index is 3.47. The average Bonchev–Trinajstić information content (AvgIpc) is 2.14. The molecule has 1 aromatic heterocycles. The van der Waals surface area contributed by atoms with Crippen molar-refractivity contribution in [3.63, 3.8) is 0 Å². The van der Waals surface area contributed by atoms with Gasteiger partial charge in [-0.05, 0) is 6.07 Å². The van der Waals surface area contributed by atoms with Crippen LogP contribution in [0.4, 0.5) is 27.6 Å². The van der Waals surface area contributed by atoms with Crippen LogP contribution in [0.1, 0.15) is 23.4 Å². The lowest BCUT2D eigenvalue weighted by Crippen LogP contribution is -2.17. The summed E-state index contributed by atoms with van der Waals surface area (Å²) in [5, 5.41) is 0. The van der Waals surface area contributed by atoms with Gasteiger partial charge < -0.3 is 11.5 Å². The zero-order valence-electron chi connectivity index (χ0n) is 7.85. The van der Waals surface area contributed by atoms with Crippen LogP contribution in [0.25, 0.3) is 0 Å². The molecule has 3 nitrogen and oxygen atoms in total. The molecule has 0 saturated carbocycles. The van der Waals surface area contributed by atoms with Gasteiger partial charge in [0.25, 0.3) is 6.43 Å². The fourth-order valence-corrected chi connectivity index (χ4v) is 1.18. The van der Waals surface area contributed by atoms with E-state index in [1.807, 2.05) is 0 Å². The highest BCUT2D eigenvalue weighted by molar-refractivity contribution is 5.51. The van der Waals surface area contributed by atoms with Crippen molar-refractivity contribution in [3.05, 3.63) is 23.0 Å². The van der Waals surface area contributed by atoms with Crippen LogP contribution in [0.3, 0.4) is 0 Å². The summed E-state index contributed by atoms with van der Waals surface area (Å²) >= 11 is 0. The van der Waals surface area contributed by atoms with Crippen LogP contribution in [0.15, 0.2) is 6.07 Å². The Morgan fingerprint density at radius 3 is 2.25 bits per heavy atom. The number of halogens is 5. The van der Waals surface area contributed by atoms with Gasteiger partial charge in [-0.15, -0.1) is 0 Å². The van der Waals surface area contributed by atoms with Crippen molar-refractivity contribution in [1.29, 1.82) is 0 Å². The van der Waals surface area contributed by atoms with Gasteiger partial charge in [-0.1, -0.05) is 0 Å². The van der Waals surface area contributed by atoms with Gasteiger partial charge in [0, 0.05) is 12.2 Å². The summed E-state index contributed by atoms with van der Waals surface area (Å²) in [5.41, 5.74) is 6.38. The van der Waals surface area contributed by atoms with Crippen molar-refractivity contribution in [3.8, 4) is 0 Å². The van der Waals surface area contributed by atoms with Gasteiger partial charge in [-0.2, -0.15) is 13.2 Å². The Morgan fingerprint density at radius 1 is 1.31 bits per heavy atom. The molecule has 0 aliphatic carbocycles. The van der Waals surface area contributed by atoms with Crippen LogP contribution in [0, 0.1) is 0 Å². The zero-order chi connectivity index (χ0) is 12.5. The molecule has 90 valence electrons. The van der Waals surface area contributed by atoms with Gasteiger partial charge in [0.1, 0.15) is 0 Å². The second-order valence-electron chi connectivity index (χ2n) is 2.97. The molecule has 8 heteroatoms. The highest BCUT2D eigenvalue weighted by atomic mass is 19.4. The third kappa shape index (κ3) is 2.38. The molecule has 0 amide bonds. The molecule has 1 rings (SSSR count). The van der Waals surface area contributed by atoms with Crippen molar-refractivity contribution < 1.29 is 22.0 Å². The number of nitrogen functional groups attached to an aromatic ring is 1. The Kier molecular flexibility index (Phi) is 3.32. The van der Waals surface area contributed by atoms with Crippen LogP contribution < -0.4 is 11.5 Å². The molecule has 0 aliphatic rings. The highest BCUT2D eigenvalue weighted by Crippen LogP contribution is 2.38. The second-order valence-corrected chi connectivity index (χ2v) is 2.97. The highest BCUT2D eigenvalue weighted by Gasteiger charge is 2.39. The van der Waals surface area contributed by atoms with Gasteiger partial charge in [-0.3, -0.25) is 0 Å². The van der Waals surface area contributed by atoms with Crippen molar-refractivity contribution in [2.45, 2.75) is 19.1 Å². The van der Waals surface area contributed by atoms with Crippen molar-refractivity contribution in [2.75, 3.05) is 5.73 Å². The maximum Gasteiger partial charge on any atom is 0.433 e. The lowest BCUT2D eigenvalue weighted by Gasteiger charge is -2.14. The molecule has 0 radical (unpaired) electrons. The number of rotatable bonds is 2. The molecule has 0 spiro atoms. The lowest BCUT2D eigenvalue weighted by molar-refractivity contribution is -0.143. The molecule has 4 N–H and O–H groups in total. The molecule has 0 fully saturated rings. The van der Waals surface area contributed by atoms with Crippen molar-refractivity contribution in [1.82, 2.24) is 4.98 Å². The van der Waals surface area contributed by atoms with E-state index in [1.54, 1.807) is 0 Å². The Labute approximate surface area is 87.3 Å². The predicted octanol–water partition coefficient (Wildman–Crippen LogP) is 2.08. The molecule has 0 unspecified atom stereocenters. The van der Waals surface area contributed by atoms with E-state index >= 15 is 0 Å². The van der Waals surface area contributed by atoms with E-state index in [9.17, 15) is 22.0 Å². The SMILES string of the molecule is NCc1cc(N)c(C(F)F)c(C(F)(F)F)n1. The first kappa shape index (κ1) is 12.6. The smallest absolute Gasteiger partial charge is 0.398 e. The van der Waals surface area contributed by atoms with E-state index in [2.05, 4.69) is 4.98 Å². The van der Waals surface area contributed by atoms with E-state index < -0.39 is 29.5 Å². The predicted molar refractivity (Wildman–Crippen MR) is 46.5 cm³/mol. The van der Waals surface area contributed by atoms with Crippen molar-refractivity contribution >= 4 is 5.69 Å². The normalized spacial score (nSPS) is 12.2. The lowest BCUT2D eigenvalue weighted by atomic mass is 10.1. The summed E-state index contributed by atoms with van der Waals surface area (Å²) in [5.74, 6) is 0. The number of nitrogens with two attached hydrogens (primary N) is 2. The summed E-state index contributed by atoms with van der Waals surface area (Å²) in [7, 11) is 0. The summed E-state index contributed by atoms with van der Waals surface area (Å²) in [6.07, 6.45) is -8.32. The van der Waals surface area contributed by atoms with E-state index in [4.69, 9.17) is 11.5 Å². The van der Waals surface area contributed by atoms with E-state index in [1.165, 1.54) is 0 Å². The van der Waals surface area contributed by atoms with Crippen LogP contribution >= 0.6 is 0 Å². The molecule has 0 aromatic carbocycles. The minimum atomic E-state index is -4.98. The van der Waals surface area contributed by atoms with Gasteiger partial charge in [0.05, 0.1) is 11.3 Å². The van der Waals surface area contributed by atoms with Gasteiger partial charge in [-0.25, -0.2) is 13.8 Å². The van der Waals surface area contributed by atoms with Gasteiger partial charge >= 0.3 is 6.18 Å². The van der Waals surface area contributed by atoms with Crippen molar-refractivity contribution in [2.24, 2.45) is 5.73 Å². The molecular formula is C8H8F5N3. The van der Waals surface area contributed by atoms with E-state index in [-0.39, 0.29) is 12.2 Å². The molecule has 0 aliphatic heterocycles. The number of nitrogens with zero attached hydrogens (tertiary/aromatic N) is 1. The summed E-state index contributed by atoms with van der Waals surface area (Å²) in [6, 6.07) is 0.913. The van der Waals surface area contributed by atoms with Crippen LogP contribution in [-0.2, 0) is 12.7 Å². The Hall–Kier alpha value is -1.44. The summed E-state index contributed by atoms with van der Waals surface area (Å²) in [6.45, 7) is -0.309. The Bertz CT molecular complexity index is 388. The third-order valence-corrected chi connectivity index (χ3v) is 1.84. The third-order valence-electron chi connectivity index (χ3n) is 1.84. The molecule has 1 heterocycles. The largest absolute Gasteiger partial charge is 0.433 e. The first-order valence-corrected chi connectivity index (χ1v) is 4.12. The molecule has 0 bridgehead atoms. The number of hydrogen-bond acceptors (Lipinski definition) is 3. The maximum atomic E-state index is 12.4.